The number of ether oxygens (including phenoxy) is 1. The van der Waals surface area contributed by atoms with E-state index in [0.29, 0.717) is 19.0 Å². The molecule has 0 saturated heterocycles. The van der Waals surface area contributed by atoms with E-state index in [4.69, 9.17) is 0 Å². The fourth-order valence-electron chi connectivity index (χ4n) is 1.68. The SMILES string of the molecule is FC(F)(F)COCCCn1ccc(CNC2CC2)n1. The molecule has 2 rings (SSSR count). The zero-order valence-corrected chi connectivity index (χ0v) is 10.6. The molecule has 0 aromatic carbocycles. The summed E-state index contributed by atoms with van der Waals surface area (Å²) in [6, 6.07) is 2.56. The summed E-state index contributed by atoms with van der Waals surface area (Å²) in [5.74, 6) is 0. The van der Waals surface area contributed by atoms with Crippen LogP contribution in [0.2, 0.25) is 0 Å². The molecule has 1 saturated carbocycles. The number of alkyl halides is 3. The first kappa shape index (κ1) is 14.3. The maximum atomic E-state index is 11.8. The number of nitrogens with zero attached hydrogens (tertiary/aromatic N) is 2. The Morgan fingerprint density at radius 1 is 1.42 bits per heavy atom. The van der Waals surface area contributed by atoms with E-state index in [9.17, 15) is 13.2 Å². The number of hydrogen-bond donors (Lipinski definition) is 1. The van der Waals surface area contributed by atoms with Crippen LogP contribution in [0.4, 0.5) is 13.2 Å². The van der Waals surface area contributed by atoms with Crippen molar-refractivity contribution in [2.75, 3.05) is 13.2 Å². The minimum absolute atomic E-state index is 0.0923. The maximum absolute atomic E-state index is 11.8. The Kier molecular flexibility index (Phi) is 4.81. The van der Waals surface area contributed by atoms with Gasteiger partial charge in [0.1, 0.15) is 6.61 Å². The summed E-state index contributed by atoms with van der Waals surface area (Å²) >= 11 is 0. The Morgan fingerprint density at radius 2 is 2.21 bits per heavy atom. The summed E-state index contributed by atoms with van der Waals surface area (Å²) in [5.41, 5.74) is 0.961. The summed E-state index contributed by atoms with van der Waals surface area (Å²) in [6.45, 7) is 0.237. The second-order valence-electron chi connectivity index (χ2n) is 4.75. The Balaban J connectivity index is 1.57. The first-order valence-electron chi connectivity index (χ1n) is 6.43. The summed E-state index contributed by atoms with van der Waals surface area (Å²) in [4.78, 5) is 0. The van der Waals surface area contributed by atoms with Crippen LogP contribution >= 0.6 is 0 Å². The third-order valence-corrected chi connectivity index (χ3v) is 2.79. The lowest BCUT2D eigenvalue weighted by atomic mass is 10.4. The minimum atomic E-state index is -4.24. The van der Waals surface area contributed by atoms with Gasteiger partial charge in [-0.15, -0.1) is 0 Å². The van der Waals surface area contributed by atoms with Gasteiger partial charge in [-0.05, 0) is 25.3 Å². The van der Waals surface area contributed by atoms with Crippen LogP contribution in [0.5, 0.6) is 0 Å². The van der Waals surface area contributed by atoms with E-state index >= 15 is 0 Å². The molecule has 108 valence electrons. The van der Waals surface area contributed by atoms with Crippen molar-refractivity contribution >= 4 is 0 Å². The van der Waals surface area contributed by atoms with Gasteiger partial charge in [0.25, 0.3) is 0 Å². The Labute approximate surface area is 109 Å². The van der Waals surface area contributed by atoms with Crippen molar-refractivity contribution < 1.29 is 17.9 Å². The first-order valence-corrected chi connectivity index (χ1v) is 6.43. The molecule has 1 N–H and O–H groups in total. The first-order chi connectivity index (χ1) is 9.03. The maximum Gasteiger partial charge on any atom is 0.411 e. The monoisotopic (exact) mass is 277 g/mol. The third kappa shape index (κ3) is 6.07. The number of nitrogens with one attached hydrogen (secondary N) is 1. The van der Waals surface area contributed by atoms with Gasteiger partial charge in [-0.1, -0.05) is 0 Å². The van der Waals surface area contributed by atoms with E-state index < -0.39 is 12.8 Å². The number of rotatable bonds is 8. The van der Waals surface area contributed by atoms with Crippen molar-refractivity contribution in [1.29, 1.82) is 0 Å². The fraction of sp³-hybridized carbons (Fsp3) is 0.750. The summed E-state index contributed by atoms with van der Waals surface area (Å²) in [7, 11) is 0. The largest absolute Gasteiger partial charge is 0.411 e. The van der Waals surface area contributed by atoms with Gasteiger partial charge in [-0.25, -0.2) is 0 Å². The summed E-state index contributed by atoms with van der Waals surface area (Å²) in [6.07, 6.45) is 0.586. The van der Waals surface area contributed by atoms with Crippen LogP contribution in [0.15, 0.2) is 12.3 Å². The summed E-state index contributed by atoms with van der Waals surface area (Å²) < 4.78 is 41.7. The number of hydrogen-bond acceptors (Lipinski definition) is 3. The van der Waals surface area contributed by atoms with Crippen molar-refractivity contribution in [2.24, 2.45) is 0 Å². The normalized spacial score (nSPS) is 15.9. The van der Waals surface area contributed by atoms with Crippen LogP contribution in [-0.4, -0.2) is 35.2 Å². The van der Waals surface area contributed by atoms with E-state index in [1.165, 1.54) is 12.8 Å². The number of aryl methyl sites for hydroxylation is 1. The molecular formula is C12H18F3N3O. The minimum Gasteiger partial charge on any atom is -0.372 e. The van der Waals surface area contributed by atoms with Crippen LogP contribution in [0.25, 0.3) is 0 Å². The molecule has 0 spiro atoms. The van der Waals surface area contributed by atoms with Crippen molar-refractivity contribution in [3.8, 4) is 0 Å². The molecule has 1 aliphatic rings. The molecule has 1 aliphatic carbocycles. The van der Waals surface area contributed by atoms with Crippen molar-refractivity contribution in [3.63, 3.8) is 0 Å². The topological polar surface area (TPSA) is 39.1 Å². The standard InChI is InChI=1S/C12H18F3N3O/c13-12(14,15)9-19-7-1-5-18-6-4-11(17-18)8-16-10-2-3-10/h4,6,10,16H,1-3,5,7-9H2. The average molecular weight is 277 g/mol. The quantitative estimate of drug-likeness (QED) is 0.740. The highest BCUT2D eigenvalue weighted by Crippen LogP contribution is 2.19. The molecule has 0 radical (unpaired) electrons. The van der Waals surface area contributed by atoms with Crippen LogP contribution in [0.3, 0.4) is 0 Å². The van der Waals surface area contributed by atoms with Gasteiger partial charge in [-0.2, -0.15) is 18.3 Å². The third-order valence-electron chi connectivity index (χ3n) is 2.79. The van der Waals surface area contributed by atoms with E-state index in [2.05, 4.69) is 15.2 Å². The van der Waals surface area contributed by atoms with Crippen LogP contribution < -0.4 is 5.32 Å². The van der Waals surface area contributed by atoms with Crippen molar-refractivity contribution in [3.05, 3.63) is 18.0 Å². The van der Waals surface area contributed by atoms with Crippen LogP contribution in [0, 0.1) is 0 Å². The molecule has 1 aromatic heterocycles. The number of halogens is 3. The lowest BCUT2D eigenvalue weighted by Gasteiger charge is -2.07. The highest BCUT2D eigenvalue weighted by Gasteiger charge is 2.27. The highest BCUT2D eigenvalue weighted by atomic mass is 19.4. The Morgan fingerprint density at radius 3 is 2.89 bits per heavy atom. The van der Waals surface area contributed by atoms with E-state index in [-0.39, 0.29) is 6.61 Å². The lowest BCUT2D eigenvalue weighted by molar-refractivity contribution is -0.174. The molecule has 0 amide bonds. The molecule has 19 heavy (non-hydrogen) atoms. The van der Waals surface area contributed by atoms with Crippen molar-refractivity contribution in [1.82, 2.24) is 15.1 Å². The van der Waals surface area contributed by atoms with E-state index in [1.807, 2.05) is 12.3 Å². The zero-order valence-electron chi connectivity index (χ0n) is 10.6. The average Bonchev–Trinajstić information content (AvgIpc) is 3.05. The summed E-state index contributed by atoms with van der Waals surface area (Å²) in [5, 5.41) is 7.69. The van der Waals surface area contributed by atoms with Crippen LogP contribution in [-0.2, 0) is 17.8 Å². The van der Waals surface area contributed by atoms with Gasteiger partial charge >= 0.3 is 6.18 Å². The van der Waals surface area contributed by atoms with Gasteiger partial charge in [0.05, 0.1) is 5.69 Å². The fourth-order valence-corrected chi connectivity index (χ4v) is 1.68. The van der Waals surface area contributed by atoms with Gasteiger partial charge in [0.2, 0.25) is 0 Å². The molecule has 1 aromatic rings. The molecule has 1 heterocycles. The Hall–Kier alpha value is -1.08. The molecule has 0 aliphatic heterocycles. The predicted molar refractivity (Wildman–Crippen MR) is 63.6 cm³/mol. The van der Waals surface area contributed by atoms with Crippen molar-refractivity contribution in [2.45, 2.75) is 44.6 Å². The van der Waals surface area contributed by atoms with Gasteiger partial charge in [-0.3, -0.25) is 4.68 Å². The van der Waals surface area contributed by atoms with Gasteiger partial charge in [0.15, 0.2) is 0 Å². The molecule has 0 atom stereocenters. The van der Waals surface area contributed by atoms with Gasteiger partial charge < -0.3 is 10.1 Å². The second-order valence-corrected chi connectivity index (χ2v) is 4.75. The Bertz CT molecular complexity index is 388. The van der Waals surface area contributed by atoms with Crippen LogP contribution in [0.1, 0.15) is 25.0 Å². The second kappa shape index (κ2) is 6.38. The van der Waals surface area contributed by atoms with Gasteiger partial charge in [0, 0.05) is 31.9 Å². The molecular weight excluding hydrogens is 259 g/mol. The number of aromatic nitrogens is 2. The highest BCUT2D eigenvalue weighted by molar-refractivity contribution is 4.99. The zero-order chi connectivity index (χ0) is 13.7. The molecule has 7 heteroatoms. The van der Waals surface area contributed by atoms with E-state index in [0.717, 1.165) is 12.2 Å². The molecule has 0 bridgehead atoms. The smallest absolute Gasteiger partial charge is 0.372 e. The predicted octanol–water partition coefficient (Wildman–Crippen LogP) is 2.10. The molecule has 4 nitrogen and oxygen atoms in total. The molecule has 0 unspecified atom stereocenters. The van der Waals surface area contributed by atoms with E-state index in [1.54, 1.807) is 4.68 Å². The molecule has 1 fully saturated rings. The lowest BCUT2D eigenvalue weighted by Crippen LogP contribution is -2.18.